The van der Waals surface area contributed by atoms with Crippen LogP contribution in [0.1, 0.15) is 0 Å². The summed E-state index contributed by atoms with van der Waals surface area (Å²) in [7, 11) is 0. The Bertz CT molecular complexity index is 844. The zero-order valence-electron chi connectivity index (χ0n) is 9.42. The quantitative estimate of drug-likeness (QED) is 0.558. The van der Waals surface area contributed by atoms with Crippen molar-refractivity contribution in [1.29, 1.82) is 0 Å². The Hall–Kier alpha value is -2.20. The molecule has 4 heteroatoms. The number of nitrogens with one attached hydrogen (secondary N) is 1. The molecule has 4 aromatic rings. The lowest BCUT2D eigenvalue weighted by atomic mass is 10.0. The predicted octanol–water partition coefficient (Wildman–Crippen LogP) is 3.84. The molecule has 1 N–H and O–H groups in total. The lowest BCUT2D eigenvalue weighted by molar-refractivity contribution is 0.959. The van der Waals surface area contributed by atoms with E-state index in [1.165, 1.54) is 21.2 Å². The van der Waals surface area contributed by atoms with Crippen molar-refractivity contribution < 1.29 is 0 Å². The van der Waals surface area contributed by atoms with Crippen molar-refractivity contribution in [3.8, 4) is 11.1 Å². The molecule has 4 rings (SSSR count). The van der Waals surface area contributed by atoms with Gasteiger partial charge in [0.15, 0.2) is 0 Å². The third-order valence-electron chi connectivity index (χ3n) is 3.11. The number of H-pyrrole nitrogens is 1. The normalized spacial score (nSPS) is 11.3. The molecule has 2 aromatic heterocycles. The van der Waals surface area contributed by atoms with Crippen LogP contribution >= 0.6 is 11.3 Å². The number of nitrogens with zero attached hydrogens (tertiary/aromatic N) is 2. The summed E-state index contributed by atoms with van der Waals surface area (Å²) in [6.45, 7) is 0. The summed E-state index contributed by atoms with van der Waals surface area (Å²) >= 11 is 1.77. The van der Waals surface area contributed by atoms with E-state index in [0.717, 1.165) is 11.0 Å². The van der Waals surface area contributed by atoms with Crippen LogP contribution in [0.2, 0.25) is 0 Å². The van der Waals surface area contributed by atoms with Gasteiger partial charge in [-0.25, -0.2) is 0 Å². The molecule has 86 valence electrons. The van der Waals surface area contributed by atoms with Crippen molar-refractivity contribution >= 4 is 32.5 Å². The van der Waals surface area contributed by atoms with Crippen LogP contribution in [0.5, 0.6) is 0 Å². The molecule has 0 fully saturated rings. The highest BCUT2D eigenvalue weighted by Crippen LogP contribution is 2.34. The maximum atomic E-state index is 4.14. The van der Waals surface area contributed by atoms with Gasteiger partial charge in [0.25, 0.3) is 0 Å². The van der Waals surface area contributed by atoms with Crippen LogP contribution in [0.3, 0.4) is 0 Å². The van der Waals surface area contributed by atoms with Crippen LogP contribution in [-0.4, -0.2) is 15.4 Å². The fourth-order valence-electron chi connectivity index (χ4n) is 2.21. The van der Waals surface area contributed by atoms with E-state index >= 15 is 0 Å². The zero-order chi connectivity index (χ0) is 11.9. The molecule has 0 atom stereocenters. The van der Waals surface area contributed by atoms with Crippen LogP contribution in [-0.2, 0) is 0 Å². The molecule has 0 amide bonds. The second-order valence-electron chi connectivity index (χ2n) is 4.17. The van der Waals surface area contributed by atoms with Crippen molar-refractivity contribution in [2.45, 2.75) is 0 Å². The van der Waals surface area contributed by atoms with Crippen molar-refractivity contribution in [1.82, 2.24) is 15.4 Å². The number of aromatic amines is 1. The van der Waals surface area contributed by atoms with E-state index in [9.17, 15) is 0 Å². The van der Waals surface area contributed by atoms with Gasteiger partial charge in [0.2, 0.25) is 0 Å². The summed E-state index contributed by atoms with van der Waals surface area (Å²) < 4.78 is 1.31. The Morgan fingerprint density at radius 3 is 2.83 bits per heavy atom. The Balaban J connectivity index is 2.00. The highest BCUT2D eigenvalue weighted by atomic mass is 32.1. The maximum Gasteiger partial charge on any atom is 0.113 e. The average molecular weight is 251 g/mol. The van der Waals surface area contributed by atoms with E-state index in [-0.39, 0.29) is 0 Å². The molecule has 2 aromatic carbocycles. The van der Waals surface area contributed by atoms with E-state index in [1.807, 2.05) is 6.07 Å². The molecule has 2 heterocycles. The third kappa shape index (κ3) is 1.36. The van der Waals surface area contributed by atoms with Crippen molar-refractivity contribution in [3.63, 3.8) is 0 Å². The third-order valence-corrected chi connectivity index (χ3v) is 4.07. The molecule has 0 radical (unpaired) electrons. The minimum Gasteiger partial charge on any atom is -0.197 e. The molecule has 0 aliphatic rings. The summed E-state index contributed by atoms with van der Waals surface area (Å²) in [5.74, 6) is 0. The minimum absolute atomic E-state index is 0.901. The number of rotatable bonds is 1. The highest BCUT2D eigenvalue weighted by molar-refractivity contribution is 7.17. The van der Waals surface area contributed by atoms with Crippen molar-refractivity contribution in [2.75, 3.05) is 0 Å². The van der Waals surface area contributed by atoms with Crippen LogP contribution in [0.4, 0.5) is 0 Å². The average Bonchev–Trinajstić information content (AvgIpc) is 3.04. The number of fused-ring (bicyclic) bond motifs is 2. The first-order valence-corrected chi connectivity index (χ1v) is 6.57. The second kappa shape index (κ2) is 3.65. The molecule has 0 bridgehead atoms. The lowest BCUT2D eigenvalue weighted by Gasteiger charge is -1.99. The van der Waals surface area contributed by atoms with Gasteiger partial charge < -0.3 is 0 Å². The minimum atomic E-state index is 0.901. The van der Waals surface area contributed by atoms with Crippen molar-refractivity contribution in [2.24, 2.45) is 0 Å². The van der Waals surface area contributed by atoms with E-state index in [1.54, 1.807) is 11.3 Å². The standard InChI is InChI=1S/C14H9N3S/c1-2-4-14-10(3-1)11(8-18-14)9-5-6-12-13(7-9)16-17-15-12/h1-8H,(H,15,16,17). The van der Waals surface area contributed by atoms with Crippen LogP contribution in [0, 0.1) is 0 Å². The van der Waals surface area contributed by atoms with E-state index in [2.05, 4.69) is 57.2 Å². The Morgan fingerprint density at radius 1 is 0.944 bits per heavy atom. The van der Waals surface area contributed by atoms with Gasteiger partial charge in [-0.15, -0.1) is 11.3 Å². The van der Waals surface area contributed by atoms with Crippen molar-refractivity contribution in [3.05, 3.63) is 47.8 Å². The van der Waals surface area contributed by atoms with Gasteiger partial charge in [0.1, 0.15) is 11.0 Å². The molecule has 3 nitrogen and oxygen atoms in total. The monoisotopic (exact) mass is 251 g/mol. The molecule has 0 aliphatic carbocycles. The fraction of sp³-hybridized carbons (Fsp3) is 0. The summed E-state index contributed by atoms with van der Waals surface area (Å²) in [5.41, 5.74) is 4.26. The fourth-order valence-corrected chi connectivity index (χ4v) is 3.18. The van der Waals surface area contributed by atoms with Gasteiger partial charge in [-0.2, -0.15) is 15.4 Å². The number of hydrogen-bond acceptors (Lipinski definition) is 3. The van der Waals surface area contributed by atoms with Crippen LogP contribution in [0.25, 0.3) is 32.2 Å². The first-order valence-electron chi connectivity index (χ1n) is 5.69. The summed E-state index contributed by atoms with van der Waals surface area (Å²) in [6.07, 6.45) is 0. The van der Waals surface area contributed by atoms with Gasteiger partial charge in [-0.1, -0.05) is 24.3 Å². The van der Waals surface area contributed by atoms with Gasteiger partial charge in [-0.05, 0) is 29.1 Å². The number of benzene rings is 2. The number of thiophene rings is 1. The van der Waals surface area contributed by atoms with E-state index in [4.69, 9.17) is 0 Å². The number of hydrogen-bond donors (Lipinski definition) is 1. The zero-order valence-corrected chi connectivity index (χ0v) is 10.2. The van der Waals surface area contributed by atoms with Gasteiger partial charge in [0, 0.05) is 15.6 Å². The SMILES string of the molecule is c1ccc2c(-c3ccc4n[nH]nc4c3)csc2c1. The van der Waals surface area contributed by atoms with Gasteiger partial charge >= 0.3 is 0 Å². The molecule has 0 unspecified atom stereocenters. The molecule has 0 saturated heterocycles. The Morgan fingerprint density at radius 2 is 1.83 bits per heavy atom. The highest BCUT2D eigenvalue weighted by Gasteiger charge is 2.07. The Kier molecular flexibility index (Phi) is 1.98. The Labute approximate surface area is 107 Å². The molecular weight excluding hydrogens is 242 g/mol. The molecular formula is C14H9N3S. The molecule has 18 heavy (non-hydrogen) atoms. The largest absolute Gasteiger partial charge is 0.197 e. The smallest absolute Gasteiger partial charge is 0.113 e. The van der Waals surface area contributed by atoms with E-state index in [0.29, 0.717) is 0 Å². The van der Waals surface area contributed by atoms with E-state index < -0.39 is 0 Å². The number of aromatic nitrogens is 3. The van der Waals surface area contributed by atoms with Gasteiger partial charge in [-0.3, -0.25) is 0 Å². The summed E-state index contributed by atoms with van der Waals surface area (Å²) in [4.78, 5) is 0. The van der Waals surface area contributed by atoms with Gasteiger partial charge in [0.05, 0.1) is 0 Å². The first-order chi connectivity index (χ1) is 8.92. The molecule has 0 aliphatic heterocycles. The molecule has 0 spiro atoms. The maximum absolute atomic E-state index is 4.14. The second-order valence-corrected chi connectivity index (χ2v) is 5.08. The topological polar surface area (TPSA) is 41.6 Å². The van der Waals surface area contributed by atoms with Crippen LogP contribution < -0.4 is 0 Å². The first kappa shape index (κ1) is 9.79. The summed E-state index contributed by atoms with van der Waals surface area (Å²) in [6, 6.07) is 14.6. The summed E-state index contributed by atoms with van der Waals surface area (Å²) in [5, 5.41) is 14.4. The van der Waals surface area contributed by atoms with Crippen LogP contribution in [0.15, 0.2) is 47.8 Å². The molecule has 0 saturated carbocycles. The lowest BCUT2D eigenvalue weighted by Crippen LogP contribution is -1.76. The predicted molar refractivity (Wildman–Crippen MR) is 74.7 cm³/mol.